The predicted octanol–water partition coefficient (Wildman–Crippen LogP) is 3.16. The molecule has 3 aromatic rings. The van der Waals surface area contributed by atoms with Crippen LogP contribution in [0.25, 0.3) is 11.5 Å². The van der Waals surface area contributed by atoms with Crippen LogP contribution in [-0.2, 0) is 0 Å². The monoisotopic (exact) mass is 378 g/mol. The average molecular weight is 378 g/mol. The van der Waals surface area contributed by atoms with E-state index in [2.05, 4.69) is 22.1 Å². The van der Waals surface area contributed by atoms with Gasteiger partial charge in [-0.2, -0.15) is 4.98 Å². The lowest BCUT2D eigenvalue weighted by molar-refractivity contribution is 0.0114. The summed E-state index contributed by atoms with van der Waals surface area (Å²) >= 11 is 0. The summed E-state index contributed by atoms with van der Waals surface area (Å²) in [5, 5.41) is 4.23. The van der Waals surface area contributed by atoms with Gasteiger partial charge in [0.1, 0.15) is 5.76 Å². The van der Waals surface area contributed by atoms with Crippen molar-refractivity contribution in [1.29, 1.82) is 0 Å². The van der Waals surface area contributed by atoms with Gasteiger partial charge in [-0.25, -0.2) is 0 Å². The predicted molar refractivity (Wildman–Crippen MR) is 102 cm³/mol. The number of hydrogen-bond acceptors (Lipinski definition) is 6. The summed E-state index contributed by atoms with van der Waals surface area (Å²) in [5.41, 5.74) is 1.68. The van der Waals surface area contributed by atoms with E-state index in [-0.39, 0.29) is 17.4 Å². The molecule has 1 amide bonds. The number of nitrogens with zero attached hydrogens (tertiary/aromatic N) is 4. The molecule has 0 bridgehead atoms. The minimum atomic E-state index is 0.0499. The lowest BCUT2D eigenvalue weighted by Gasteiger charge is -2.48. The number of carbonyl (C=O) groups is 1. The Hall–Kier alpha value is -2.93. The van der Waals surface area contributed by atoms with Crippen LogP contribution in [0.2, 0.25) is 0 Å². The zero-order valence-corrected chi connectivity index (χ0v) is 16.0. The fourth-order valence-electron chi connectivity index (χ4n) is 4.54. The first-order valence-corrected chi connectivity index (χ1v) is 9.47. The van der Waals surface area contributed by atoms with Crippen molar-refractivity contribution in [1.82, 2.24) is 19.9 Å². The molecule has 2 fully saturated rings. The van der Waals surface area contributed by atoms with Gasteiger partial charge in [-0.05, 0) is 38.6 Å². The fraction of sp³-hybridized carbons (Fsp3) is 0.381. The third-order valence-corrected chi connectivity index (χ3v) is 5.93. The molecule has 1 aromatic carbocycles. The van der Waals surface area contributed by atoms with Gasteiger partial charge in [0.05, 0.1) is 17.9 Å². The summed E-state index contributed by atoms with van der Waals surface area (Å²) < 4.78 is 10.8. The lowest BCUT2D eigenvalue weighted by Crippen LogP contribution is -2.59. The molecular weight excluding hydrogens is 356 g/mol. The maximum absolute atomic E-state index is 12.7. The van der Waals surface area contributed by atoms with Crippen molar-refractivity contribution in [2.45, 2.75) is 19.4 Å². The van der Waals surface area contributed by atoms with E-state index in [1.165, 1.54) is 0 Å². The van der Waals surface area contributed by atoms with Crippen LogP contribution in [0.15, 0.2) is 51.6 Å². The number of amides is 1. The van der Waals surface area contributed by atoms with Crippen LogP contribution >= 0.6 is 0 Å². The van der Waals surface area contributed by atoms with Crippen molar-refractivity contribution < 1.29 is 13.7 Å². The lowest BCUT2D eigenvalue weighted by atomic mass is 9.77. The molecule has 0 aliphatic carbocycles. The van der Waals surface area contributed by atoms with E-state index in [4.69, 9.17) is 8.94 Å². The van der Waals surface area contributed by atoms with E-state index in [0.717, 1.165) is 31.6 Å². The Kier molecular flexibility index (Phi) is 3.87. The van der Waals surface area contributed by atoms with E-state index in [1.54, 1.807) is 12.3 Å². The number of hydrogen-bond donors (Lipinski definition) is 0. The van der Waals surface area contributed by atoms with Crippen LogP contribution in [0, 0.1) is 12.3 Å². The topological polar surface area (TPSA) is 75.6 Å². The highest BCUT2D eigenvalue weighted by atomic mass is 16.5. The van der Waals surface area contributed by atoms with Gasteiger partial charge in [0.25, 0.3) is 11.8 Å². The molecule has 0 N–H and O–H groups in total. The molecule has 1 atom stereocenters. The van der Waals surface area contributed by atoms with Crippen molar-refractivity contribution in [3.63, 3.8) is 0 Å². The van der Waals surface area contributed by atoms with Crippen molar-refractivity contribution in [3.8, 4) is 11.5 Å². The van der Waals surface area contributed by atoms with Gasteiger partial charge in [0.15, 0.2) is 5.82 Å². The minimum absolute atomic E-state index is 0.0499. The highest BCUT2D eigenvalue weighted by molar-refractivity contribution is 5.95. The summed E-state index contributed by atoms with van der Waals surface area (Å²) in [6.07, 6.45) is 2.49. The van der Waals surface area contributed by atoms with Gasteiger partial charge >= 0.3 is 0 Å². The smallest absolute Gasteiger partial charge is 0.257 e. The quantitative estimate of drug-likeness (QED) is 0.697. The number of furan rings is 1. The Morgan fingerprint density at radius 1 is 1.18 bits per heavy atom. The number of aryl methyl sites for hydroxylation is 1. The summed E-state index contributed by atoms with van der Waals surface area (Å²) in [6, 6.07) is 11.7. The molecule has 1 spiro atoms. The molecule has 7 heteroatoms. The number of rotatable bonds is 3. The van der Waals surface area contributed by atoms with E-state index in [9.17, 15) is 4.79 Å². The maximum Gasteiger partial charge on any atom is 0.257 e. The van der Waals surface area contributed by atoms with Crippen LogP contribution in [-0.4, -0.2) is 52.5 Å². The van der Waals surface area contributed by atoms with Gasteiger partial charge in [0.2, 0.25) is 0 Å². The molecule has 4 heterocycles. The van der Waals surface area contributed by atoms with Crippen molar-refractivity contribution in [2.24, 2.45) is 5.41 Å². The second-order valence-corrected chi connectivity index (χ2v) is 8.01. The molecule has 2 saturated heterocycles. The number of likely N-dealkylation sites (tertiary alicyclic amines) is 2. The molecule has 5 rings (SSSR count). The first-order valence-electron chi connectivity index (χ1n) is 9.47. The standard InChI is InChI=1S/C21H22N4O3/c1-14-16(8-9-27-14)20(26)25-12-21(13-25)10-17(24(2)11-21)18-22-19(28-23-18)15-6-4-3-5-7-15/h3-9,17H,10-13H2,1-2H3. The largest absolute Gasteiger partial charge is 0.469 e. The number of carbonyl (C=O) groups excluding carboxylic acids is 1. The molecular formula is C21H22N4O3. The molecule has 1 unspecified atom stereocenters. The SMILES string of the molecule is Cc1occc1C(=O)N1CC2(CC(c3noc(-c4ccccc4)n3)N(C)C2)C1. The maximum atomic E-state index is 12.7. The molecule has 0 radical (unpaired) electrons. The van der Waals surface area contributed by atoms with Crippen LogP contribution in [0.5, 0.6) is 0 Å². The Morgan fingerprint density at radius 3 is 2.68 bits per heavy atom. The Morgan fingerprint density at radius 2 is 1.96 bits per heavy atom. The molecule has 2 aromatic heterocycles. The van der Waals surface area contributed by atoms with Gasteiger partial charge in [0, 0.05) is 30.6 Å². The Balaban J connectivity index is 1.28. The molecule has 0 saturated carbocycles. The van der Waals surface area contributed by atoms with E-state index in [0.29, 0.717) is 23.0 Å². The van der Waals surface area contributed by atoms with Crippen molar-refractivity contribution in [3.05, 3.63) is 59.8 Å². The van der Waals surface area contributed by atoms with Crippen LogP contribution < -0.4 is 0 Å². The first-order chi connectivity index (χ1) is 13.5. The average Bonchev–Trinajstić information content (AvgIpc) is 3.39. The Labute approximate surface area is 162 Å². The van der Waals surface area contributed by atoms with Gasteiger partial charge in [-0.1, -0.05) is 23.4 Å². The third-order valence-electron chi connectivity index (χ3n) is 5.93. The molecule has 7 nitrogen and oxygen atoms in total. The van der Waals surface area contributed by atoms with Crippen molar-refractivity contribution >= 4 is 5.91 Å². The Bertz CT molecular complexity index is 1000. The van der Waals surface area contributed by atoms with Crippen LogP contribution in [0.3, 0.4) is 0 Å². The summed E-state index contributed by atoms with van der Waals surface area (Å²) in [6.45, 7) is 4.24. The molecule has 144 valence electrons. The second-order valence-electron chi connectivity index (χ2n) is 8.01. The van der Waals surface area contributed by atoms with Gasteiger partial charge in [-0.15, -0.1) is 0 Å². The normalized spacial score (nSPS) is 21.2. The summed E-state index contributed by atoms with van der Waals surface area (Å²) in [5.74, 6) is 1.99. The zero-order chi connectivity index (χ0) is 19.3. The zero-order valence-electron chi connectivity index (χ0n) is 16.0. The highest BCUT2D eigenvalue weighted by Gasteiger charge is 2.53. The van der Waals surface area contributed by atoms with Crippen LogP contribution in [0.1, 0.15) is 34.4 Å². The third kappa shape index (κ3) is 2.74. The second kappa shape index (κ2) is 6.31. The highest BCUT2D eigenvalue weighted by Crippen LogP contribution is 2.47. The van der Waals surface area contributed by atoms with E-state index >= 15 is 0 Å². The summed E-state index contributed by atoms with van der Waals surface area (Å²) in [4.78, 5) is 21.5. The number of aromatic nitrogens is 2. The molecule has 2 aliphatic rings. The molecule has 2 aliphatic heterocycles. The molecule has 28 heavy (non-hydrogen) atoms. The van der Waals surface area contributed by atoms with Crippen molar-refractivity contribution in [2.75, 3.05) is 26.7 Å². The fourth-order valence-corrected chi connectivity index (χ4v) is 4.54. The van der Waals surface area contributed by atoms with Crippen LogP contribution in [0.4, 0.5) is 0 Å². The summed E-state index contributed by atoms with van der Waals surface area (Å²) in [7, 11) is 2.09. The van der Waals surface area contributed by atoms with E-state index < -0.39 is 0 Å². The minimum Gasteiger partial charge on any atom is -0.469 e. The first kappa shape index (κ1) is 17.2. The van der Waals surface area contributed by atoms with Gasteiger partial charge < -0.3 is 13.8 Å². The van der Waals surface area contributed by atoms with Gasteiger partial charge in [-0.3, -0.25) is 9.69 Å². The van der Waals surface area contributed by atoms with E-state index in [1.807, 2.05) is 42.2 Å². The number of benzene rings is 1.